The number of ether oxygens (including phenoxy) is 2. The number of rotatable bonds is 6. The van der Waals surface area contributed by atoms with Crippen LogP contribution in [0.5, 0.6) is 0 Å². The summed E-state index contributed by atoms with van der Waals surface area (Å²) in [5.41, 5.74) is 2.96. The summed E-state index contributed by atoms with van der Waals surface area (Å²) in [7, 11) is 1.33. The van der Waals surface area contributed by atoms with Gasteiger partial charge in [0.05, 0.1) is 41.3 Å². The van der Waals surface area contributed by atoms with E-state index in [0.717, 1.165) is 0 Å². The second-order valence-electron chi connectivity index (χ2n) is 8.14. The Morgan fingerprint density at radius 3 is 2.43 bits per heavy atom. The summed E-state index contributed by atoms with van der Waals surface area (Å²) in [6.45, 7) is 5.30. The van der Waals surface area contributed by atoms with Crippen LogP contribution in [0.15, 0.2) is 75.8 Å². The van der Waals surface area contributed by atoms with Crippen molar-refractivity contribution < 1.29 is 28.3 Å². The molecule has 178 valence electrons. The lowest BCUT2D eigenvalue weighted by Crippen LogP contribution is -2.21. The normalized spacial score (nSPS) is 14.4. The maximum Gasteiger partial charge on any atom is 0.338 e. The summed E-state index contributed by atoms with van der Waals surface area (Å²) in [5.74, 6) is -0.164. The van der Waals surface area contributed by atoms with Crippen molar-refractivity contribution in [3.05, 3.63) is 83.1 Å². The van der Waals surface area contributed by atoms with Crippen LogP contribution in [0.4, 0.5) is 5.69 Å². The van der Waals surface area contributed by atoms with Gasteiger partial charge >= 0.3 is 11.9 Å². The standard InChI is InChI=1S/C27H24N2O6/c1-16(2)34-27(32)18-8-10-21(11-9-18)29-25(30)23(17(3)28-29)15-22-12-13-24(35-22)19-6-5-7-20(14-19)26(31)33-4/h5-16H,1-4H3/b23-15+. The van der Waals surface area contributed by atoms with Crippen molar-refractivity contribution in [3.8, 4) is 11.3 Å². The van der Waals surface area contributed by atoms with Crippen molar-refractivity contribution in [1.29, 1.82) is 0 Å². The van der Waals surface area contributed by atoms with Gasteiger partial charge in [0.2, 0.25) is 0 Å². The largest absolute Gasteiger partial charge is 0.465 e. The Bertz CT molecular complexity index is 1350. The number of methoxy groups -OCH3 is 1. The maximum absolute atomic E-state index is 13.1. The lowest BCUT2D eigenvalue weighted by atomic mass is 10.1. The van der Waals surface area contributed by atoms with Crippen molar-refractivity contribution >= 4 is 35.3 Å². The van der Waals surface area contributed by atoms with Gasteiger partial charge in [-0.15, -0.1) is 0 Å². The van der Waals surface area contributed by atoms with Crippen molar-refractivity contribution in [2.75, 3.05) is 12.1 Å². The Kier molecular flexibility index (Phi) is 6.64. The minimum absolute atomic E-state index is 0.221. The number of furan rings is 1. The fourth-order valence-electron chi connectivity index (χ4n) is 3.53. The lowest BCUT2D eigenvalue weighted by Gasteiger charge is -2.13. The number of carbonyl (C=O) groups is 3. The van der Waals surface area contributed by atoms with Gasteiger partial charge in [-0.25, -0.2) is 9.59 Å². The van der Waals surface area contributed by atoms with E-state index in [4.69, 9.17) is 13.9 Å². The highest BCUT2D eigenvalue weighted by atomic mass is 16.5. The first-order valence-electron chi connectivity index (χ1n) is 11.0. The molecule has 0 unspecified atom stereocenters. The van der Waals surface area contributed by atoms with Gasteiger partial charge in [-0.1, -0.05) is 12.1 Å². The van der Waals surface area contributed by atoms with E-state index >= 15 is 0 Å². The Morgan fingerprint density at radius 2 is 1.74 bits per heavy atom. The Hall–Kier alpha value is -4.46. The van der Waals surface area contributed by atoms with E-state index in [2.05, 4.69) is 5.10 Å². The molecule has 0 spiro atoms. The zero-order valence-electron chi connectivity index (χ0n) is 19.8. The van der Waals surface area contributed by atoms with Gasteiger partial charge < -0.3 is 13.9 Å². The number of anilines is 1. The first-order chi connectivity index (χ1) is 16.8. The molecule has 35 heavy (non-hydrogen) atoms. The van der Waals surface area contributed by atoms with Gasteiger partial charge in [0.1, 0.15) is 11.5 Å². The van der Waals surface area contributed by atoms with Crippen LogP contribution in [0.2, 0.25) is 0 Å². The first kappa shape index (κ1) is 23.7. The van der Waals surface area contributed by atoms with E-state index in [1.54, 1.807) is 81.4 Å². The molecular weight excluding hydrogens is 448 g/mol. The predicted octanol–water partition coefficient (Wildman–Crippen LogP) is 5.10. The van der Waals surface area contributed by atoms with Crippen molar-refractivity contribution in [1.82, 2.24) is 0 Å². The van der Waals surface area contributed by atoms with Crippen LogP contribution in [0.25, 0.3) is 17.4 Å². The summed E-state index contributed by atoms with van der Waals surface area (Å²) < 4.78 is 15.9. The molecular formula is C27H24N2O6. The third kappa shape index (κ3) is 5.06. The molecule has 8 heteroatoms. The molecule has 0 saturated carbocycles. The van der Waals surface area contributed by atoms with Crippen LogP contribution in [0.1, 0.15) is 47.2 Å². The molecule has 0 saturated heterocycles. The molecule has 0 bridgehead atoms. The van der Waals surface area contributed by atoms with Crippen LogP contribution < -0.4 is 5.01 Å². The molecule has 3 aromatic rings. The SMILES string of the molecule is COC(=O)c1cccc(-c2ccc(/C=C3/C(=O)N(c4ccc(C(=O)OC(C)C)cc4)N=C3C)o2)c1. The summed E-state index contributed by atoms with van der Waals surface area (Å²) in [5, 5.41) is 5.65. The molecule has 0 N–H and O–H groups in total. The molecule has 0 atom stereocenters. The third-order valence-corrected chi connectivity index (χ3v) is 5.23. The van der Waals surface area contributed by atoms with Crippen LogP contribution >= 0.6 is 0 Å². The summed E-state index contributed by atoms with van der Waals surface area (Å²) in [6.07, 6.45) is 1.41. The van der Waals surface area contributed by atoms with E-state index < -0.39 is 11.9 Å². The van der Waals surface area contributed by atoms with Crippen molar-refractivity contribution in [3.63, 3.8) is 0 Å². The van der Waals surface area contributed by atoms with Crippen molar-refractivity contribution in [2.24, 2.45) is 5.10 Å². The molecule has 0 aliphatic carbocycles. The van der Waals surface area contributed by atoms with E-state index in [1.807, 2.05) is 6.07 Å². The Balaban J connectivity index is 1.53. The monoisotopic (exact) mass is 472 g/mol. The van der Waals surface area contributed by atoms with Gasteiger partial charge in [0.15, 0.2) is 0 Å². The first-order valence-corrected chi connectivity index (χ1v) is 11.0. The van der Waals surface area contributed by atoms with Gasteiger partial charge in [-0.3, -0.25) is 4.79 Å². The molecule has 0 fully saturated rings. The summed E-state index contributed by atoms with van der Waals surface area (Å²) in [6, 6.07) is 16.9. The van der Waals surface area contributed by atoms with Crippen LogP contribution in [-0.2, 0) is 14.3 Å². The zero-order chi connectivity index (χ0) is 25.1. The van der Waals surface area contributed by atoms with Crippen LogP contribution in [0, 0.1) is 0 Å². The number of benzene rings is 2. The number of hydrogen-bond donors (Lipinski definition) is 0. The summed E-state index contributed by atoms with van der Waals surface area (Å²) in [4.78, 5) is 36.9. The van der Waals surface area contributed by atoms with Gasteiger partial charge in [-0.2, -0.15) is 10.1 Å². The van der Waals surface area contributed by atoms with Crippen LogP contribution in [-0.4, -0.2) is 36.8 Å². The number of carbonyl (C=O) groups excluding carboxylic acids is 3. The Morgan fingerprint density at radius 1 is 1.00 bits per heavy atom. The second-order valence-corrected chi connectivity index (χ2v) is 8.14. The topological polar surface area (TPSA) is 98.4 Å². The fourth-order valence-corrected chi connectivity index (χ4v) is 3.53. The molecule has 1 aliphatic heterocycles. The number of esters is 2. The van der Waals surface area contributed by atoms with Gasteiger partial charge in [-0.05, 0) is 75.4 Å². The van der Waals surface area contributed by atoms with Crippen molar-refractivity contribution in [2.45, 2.75) is 26.9 Å². The molecule has 2 heterocycles. The quantitative estimate of drug-likeness (QED) is 0.365. The maximum atomic E-state index is 13.1. The highest BCUT2D eigenvalue weighted by Gasteiger charge is 2.29. The van der Waals surface area contributed by atoms with E-state index in [9.17, 15) is 14.4 Å². The average Bonchev–Trinajstić information content (AvgIpc) is 3.43. The minimum atomic E-state index is -0.436. The molecule has 1 aliphatic rings. The predicted molar refractivity (Wildman–Crippen MR) is 131 cm³/mol. The fraction of sp³-hybridized carbons (Fsp3) is 0.185. The zero-order valence-corrected chi connectivity index (χ0v) is 19.8. The average molecular weight is 472 g/mol. The smallest absolute Gasteiger partial charge is 0.338 e. The van der Waals surface area contributed by atoms with E-state index in [-0.39, 0.29) is 12.0 Å². The molecule has 2 aromatic carbocycles. The highest BCUT2D eigenvalue weighted by molar-refractivity contribution is 6.32. The molecule has 1 amide bonds. The second kappa shape index (κ2) is 9.80. The third-order valence-electron chi connectivity index (χ3n) is 5.23. The number of hydrogen-bond acceptors (Lipinski definition) is 7. The molecule has 8 nitrogen and oxygen atoms in total. The van der Waals surface area contributed by atoms with Gasteiger partial charge in [0.25, 0.3) is 5.91 Å². The number of amides is 1. The molecule has 4 rings (SSSR count). The van der Waals surface area contributed by atoms with E-state index in [1.165, 1.54) is 12.1 Å². The highest BCUT2D eigenvalue weighted by Crippen LogP contribution is 2.28. The Labute approximate surface area is 202 Å². The van der Waals surface area contributed by atoms with Gasteiger partial charge in [0, 0.05) is 5.56 Å². The summed E-state index contributed by atoms with van der Waals surface area (Å²) >= 11 is 0. The van der Waals surface area contributed by atoms with Crippen LogP contribution in [0.3, 0.4) is 0 Å². The lowest BCUT2D eigenvalue weighted by molar-refractivity contribution is -0.114. The molecule has 0 radical (unpaired) electrons. The number of nitrogens with zero attached hydrogens (tertiary/aromatic N) is 2. The number of hydrazone groups is 1. The minimum Gasteiger partial charge on any atom is -0.465 e. The molecule has 1 aromatic heterocycles. The van der Waals surface area contributed by atoms with E-state index in [0.29, 0.717) is 45.2 Å².